The normalized spacial score (nSPS) is 10.2. The molecule has 100 valence electrons. The lowest BCUT2D eigenvalue weighted by atomic mass is 10.2. The Hall–Kier alpha value is -2.23. The molecule has 2 amide bonds. The molecule has 0 atom stereocenters. The average molecular weight is 258 g/mol. The first-order chi connectivity index (χ1) is 9.25. The quantitative estimate of drug-likeness (QED) is 0.896. The van der Waals surface area contributed by atoms with E-state index in [9.17, 15) is 4.79 Å². The minimum atomic E-state index is -0.0737. The third-order valence-electron chi connectivity index (χ3n) is 2.91. The smallest absolute Gasteiger partial charge is 0.317 e. The van der Waals surface area contributed by atoms with E-state index in [-0.39, 0.29) is 6.03 Å². The van der Waals surface area contributed by atoms with Crippen LogP contribution in [0.4, 0.5) is 4.79 Å². The first kappa shape index (κ1) is 13.2. The number of likely N-dealkylation sites (N-methyl/N-ethyl adjacent to an activating group) is 1. The minimum Gasteiger partial charge on any atom is -0.469 e. The van der Waals surface area contributed by atoms with Gasteiger partial charge in [-0.3, -0.25) is 0 Å². The van der Waals surface area contributed by atoms with Gasteiger partial charge in [-0.2, -0.15) is 0 Å². The number of urea groups is 1. The first-order valence-corrected chi connectivity index (χ1v) is 6.31. The minimum absolute atomic E-state index is 0.0737. The molecule has 0 fully saturated rings. The van der Waals surface area contributed by atoms with Crippen molar-refractivity contribution in [2.24, 2.45) is 0 Å². The summed E-state index contributed by atoms with van der Waals surface area (Å²) in [6.07, 6.45) is 2.37. The number of amides is 2. The number of nitrogens with zero attached hydrogens (tertiary/aromatic N) is 1. The molecule has 0 unspecified atom stereocenters. The van der Waals surface area contributed by atoms with E-state index in [0.29, 0.717) is 13.1 Å². The van der Waals surface area contributed by atoms with Gasteiger partial charge in [-0.25, -0.2) is 4.79 Å². The third-order valence-corrected chi connectivity index (χ3v) is 2.91. The summed E-state index contributed by atoms with van der Waals surface area (Å²) < 4.78 is 5.23. The maximum atomic E-state index is 11.9. The van der Waals surface area contributed by atoms with Crippen molar-refractivity contribution < 1.29 is 9.21 Å². The highest BCUT2D eigenvalue weighted by Crippen LogP contribution is 2.02. The molecule has 0 saturated carbocycles. The summed E-state index contributed by atoms with van der Waals surface area (Å²) in [5.74, 6) is 0.891. The third kappa shape index (κ3) is 4.17. The predicted molar refractivity (Wildman–Crippen MR) is 73.7 cm³/mol. The molecule has 0 aliphatic carbocycles. The highest BCUT2D eigenvalue weighted by molar-refractivity contribution is 5.73. The van der Waals surface area contributed by atoms with E-state index < -0.39 is 0 Å². The van der Waals surface area contributed by atoms with Gasteiger partial charge < -0.3 is 14.6 Å². The van der Waals surface area contributed by atoms with Crippen LogP contribution in [0.25, 0.3) is 0 Å². The van der Waals surface area contributed by atoms with Crippen molar-refractivity contribution >= 4 is 6.03 Å². The molecule has 4 heteroatoms. The van der Waals surface area contributed by atoms with Crippen molar-refractivity contribution in [2.75, 3.05) is 13.6 Å². The van der Waals surface area contributed by atoms with Crippen LogP contribution in [0.1, 0.15) is 11.3 Å². The van der Waals surface area contributed by atoms with Crippen molar-refractivity contribution in [2.45, 2.75) is 13.0 Å². The Morgan fingerprint density at radius 3 is 2.68 bits per heavy atom. The van der Waals surface area contributed by atoms with Crippen molar-refractivity contribution in [3.05, 3.63) is 60.1 Å². The fourth-order valence-electron chi connectivity index (χ4n) is 1.74. The molecular weight excluding hydrogens is 240 g/mol. The van der Waals surface area contributed by atoms with Crippen LogP contribution in [-0.2, 0) is 13.0 Å². The van der Waals surface area contributed by atoms with Crippen LogP contribution in [-0.4, -0.2) is 24.5 Å². The molecule has 0 spiro atoms. The number of benzene rings is 1. The van der Waals surface area contributed by atoms with Gasteiger partial charge in [0.05, 0.1) is 6.26 Å². The maximum Gasteiger partial charge on any atom is 0.317 e. The first-order valence-electron chi connectivity index (χ1n) is 6.31. The van der Waals surface area contributed by atoms with Crippen LogP contribution in [0, 0.1) is 0 Å². The molecule has 1 aromatic carbocycles. The number of nitrogens with one attached hydrogen (secondary N) is 1. The Bertz CT molecular complexity index is 494. The Labute approximate surface area is 113 Å². The highest BCUT2D eigenvalue weighted by Gasteiger charge is 2.08. The molecule has 1 N–H and O–H groups in total. The molecule has 0 saturated heterocycles. The number of rotatable bonds is 5. The molecule has 1 heterocycles. The molecule has 0 radical (unpaired) electrons. The summed E-state index contributed by atoms with van der Waals surface area (Å²) in [6, 6.07) is 13.5. The molecule has 1 aromatic heterocycles. The van der Waals surface area contributed by atoms with Crippen LogP contribution in [0.3, 0.4) is 0 Å². The fraction of sp³-hybridized carbons (Fsp3) is 0.267. The number of furan rings is 1. The van der Waals surface area contributed by atoms with Crippen LogP contribution >= 0.6 is 0 Å². The van der Waals surface area contributed by atoms with E-state index >= 15 is 0 Å². The molecule has 4 nitrogen and oxygen atoms in total. The summed E-state index contributed by atoms with van der Waals surface area (Å²) >= 11 is 0. The lowest BCUT2D eigenvalue weighted by Gasteiger charge is -2.17. The van der Waals surface area contributed by atoms with Crippen LogP contribution in [0.2, 0.25) is 0 Å². The molecule has 0 aliphatic heterocycles. The Balaban J connectivity index is 1.73. The van der Waals surface area contributed by atoms with Gasteiger partial charge in [0, 0.05) is 26.6 Å². The fourth-order valence-corrected chi connectivity index (χ4v) is 1.74. The standard InChI is InChI=1S/C15H18N2O2/c1-17(10-9-14-8-5-11-19-14)15(18)16-12-13-6-3-2-4-7-13/h2-8,11H,9-10,12H2,1H3,(H,16,18). The number of carbonyl (C=O) groups excluding carboxylic acids is 1. The SMILES string of the molecule is CN(CCc1ccco1)C(=O)NCc1ccccc1. The number of hydrogen-bond acceptors (Lipinski definition) is 2. The van der Waals surface area contributed by atoms with E-state index in [1.165, 1.54) is 0 Å². The second kappa shape index (κ2) is 6.64. The topological polar surface area (TPSA) is 45.5 Å². The van der Waals surface area contributed by atoms with Crippen LogP contribution < -0.4 is 5.32 Å². The van der Waals surface area contributed by atoms with Crippen LogP contribution in [0.5, 0.6) is 0 Å². The monoisotopic (exact) mass is 258 g/mol. The lowest BCUT2D eigenvalue weighted by molar-refractivity contribution is 0.208. The largest absolute Gasteiger partial charge is 0.469 e. The molecule has 2 aromatic rings. The maximum absolute atomic E-state index is 11.9. The van der Waals surface area contributed by atoms with Crippen LogP contribution in [0.15, 0.2) is 53.1 Å². The van der Waals surface area contributed by atoms with E-state index in [2.05, 4.69) is 5.32 Å². The highest BCUT2D eigenvalue weighted by atomic mass is 16.3. The summed E-state index contributed by atoms with van der Waals surface area (Å²) in [7, 11) is 1.78. The second-order valence-corrected chi connectivity index (χ2v) is 4.40. The van der Waals surface area contributed by atoms with Gasteiger partial charge in [0.25, 0.3) is 0 Å². The summed E-state index contributed by atoms with van der Waals surface area (Å²) in [4.78, 5) is 13.5. The van der Waals surface area contributed by atoms with Gasteiger partial charge in [-0.15, -0.1) is 0 Å². The Kier molecular flexibility index (Phi) is 4.61. The van der Waals surface area contributed by atoms with Gasteiger partial charge in [-0.05, 0) is 17.7 Å². The van der Waals surface area contributed by atoms with Crippen molar-refractivity contribution in [1.82, 2.24) is 10.2 Å². The number of hydrogen-bond donors (Lipinski definition) is 1. The van der Waals surface area contributed by atoms with Gasteiger partial charge in [-0.1, -0.05) is 30.3 Å². The molecule has 19 heavy (non-hydrogen) atoms. The average Bonchev–Trinajstić information content (AvgIpc) is 2.96. The van der Waals surface area contributed by atoms with Gasteiger partial charge >= 0.3 is 6.03 Å². The summed E-state index contributed by atoms with van der Waals surface area (Å²) in [5.41, 5.74) is 1.09. The Morgan fingerprint density at radius 1 is 1.21 bits per heavy atom. The van der Waals surface area contributed by atoms with Gasteiger partial charge in [0.1, 0.15) is 5.76 Å². The zero-order chi connectivity index (χ0) is 13.5. The zero-order valence-electron chi connectivity index (χ0n) is 11.0. The van der Waals surface area contributed by atoms with E-state index in [1.54, 1.807) is 18.2 Å². The molecule has 2 rings (SSSR count). The van der Waals surface area contributed by atoms with E-state index in [0.717, 1.165) is 17.7 Å². The van der Waals surface area contributed by atoms with E-state index in [1.807, 2.05) is 42.5 Å². The van der Waals surface area contributed by atoms with E-state index in [4.69, 9.17) is 4.42 Å². The number of carbonyl (C=O) groups is 1. The van der Waals surface area contributed by atoms with Crippen molar-refractivity contribution in [3.8, 4) is 0 Å². The summed E-state index contributed by atoms with van der Waals surface area (Å²) in [5, 5.41) is 2.89. The van der Waals surface area contributed by atoms with Gasteiger partial charge in [0.2, 0.25) is 0 Å². The Morgan fingerprint density at radius 2 is 2.00 bits per heavy atom. The predicted octanol–water partition coefficient (Wildman–Crippen LogP) is 2.66. The molecular formula is C15H18N2O2. The molecule has 0 aliphatic rings. The molecule has 0 bridgehead atoms. The van der Waals surface area contributed by atoms with Gasteiger partial charge in [0.15, 0.2) is 0 Å². The second-order valence-electron chi connectivity index (χ2n) is 4.40. The van der Waals surface area contributed by atoms with Crippen molar-refractivity contribution in [1.29, 1.82) is 0 Å². The zero-order valence-corrected chi connectivity index (χ0v) is 11.0. The van der Waals surface area contributed by atoms with Crippen molar-refractivity contribution in [3.63, 3.8) is 0 Å². The summed E-state index contributed by atoms with van der Waals surface area (Å²) in [6.45, 7) is 1.18. The lowest BCUT2D eigenvalue weighted by Crippen LogP contribution is -2.37.